The predicted molar refractivity (Wildman–Crippen MR) is 58.0 cm³/mol. The Bertz CT molecular complexity index is 576. The Hall–Kier alpha value is -1.62. The molecule has 0 N–H and O–H groups in total. The van der Waals surface area contributed by atoms with Crippen LogP contribution in [0.4, 0.5) is 4.39 Å². The van der Waals surface area contributed by atoms with Crippen molar-refractivity contribution in [1.29, 1.82) is 0 Å². The molecule has 0 aliphatic carbocycles. The third-order valence-electron chi connectivity index (χ3n) is 2.21. The summed E-state index contributed by atoms with van der Waals surface area (Å²) in [4.78, 5) is 11.5. The van der Waals surface area contributed by atoms with E-state index in [1.807, 2.05) is 0 Å². The Labute approximate surface area is 95.9 Å². The normalized spacial score (nSPS) is 10.7. The molecule has 0 atom stereocenters. The van der Waals surface area contributed by atoms with E-state index in [1.165, 1.54) is 33.8 Å². The second-order valence-corrected chi connectivity index (χ2v) is 3.85. The molecule has 0 bridgehead atoms. The quantitative estimate of drug-likeness (QED) is 0.798. The van der Waals surface area contributed by atoms with Crippen molar-refractivity contribution in [1.82, 2.24) is 14.3 Å². The molecule has 0 aliphatic rings. The fourth-order valence-corrected chi connectivity index (χ4v) is 1.55. The molecular formula is C10H9ClFN3O. The Kier molecular flexibility index (Phi) is 2.78. The lowest BCUT2D eigenvalue weighted by molar-refractivity contribution is 0.575. The van der Waals surface area contributed by atoms with Crippen molar-refractivity contribution in [2.45, 2.75) is 6.54 Å². The average Bonchev–Trinajstić information content (AvgIpc) is 2.55. The van der Waals surface area contributed by atoms with Crippen LogP contribution >= 0.6 is 11.6 Å². The van der Waals surface area contributed by atoms with E-state index in [-0.39, 0.29) is 12.2 Å². The third-order valence-corrected chi connectivity index (χ3v) is 2.45. The van der Waals surface area contributed by atoms with Gasteiger partial charge in [-0.25, -0.2) is 13.9 Å². The Balaban J connectivity index is 2.37. The van der Waals surface area contributed by atoms with Crippen LogP contribution in [0, 0.1) is 5.82 Å². The van der Waals surface area contributed by atoms with E-state index in [1.54, 1.807) is 7.05 Å². The largest absolute Gasteiger partial charge is 0.345 e. The lowest BCUT2D eigenvalue weighted by Crippen LogP contribution is -2.23. The van der Waals surface area contributed by atoms with Crippen LogP contribution < -0.4 is 5.69 Å². The summed E-state index contributed by atoms with van der Waals surface area (Å²) in [6.07, 6.45) is 1.38. The zero-order chi connectivity index (χ0) is 11.7. The molecule has 2 aromatic rings. The van der Waals surface area contributed by atoms with Gasteiger partial charge in [-0.05, 0) is 18.2 Å². The van der Waals surface area contributed by atoms with Crippen molar-refractivity contribution in [2.24, 2.45) is 7.05 Å². The average molecular weight is 242 g/mol. The second kappa shape index (κ2) is 4.09. The van der Waals surface area contributed by atoms with Crippen LogP contribution in [0.15, 0.2) is 29.3 Å². The minimum atomic E-state index is -0.401. The minimum Gasteiger partial charge on any atom is -0.285 e. The van der Waals surface area contributed by atoms with Crippen molar-refractivity contribution < 1.29 is 4.39 Å². The maximum atomic E-state index is 13.4. The topological polar surface area (TPSA) is 39.8 Å². The fraction of sp³-hybridized carbons (Fsp3) is 0.200. The summed E-state index contributed by atoms with van der Waals surface area (Å²) >= 11 is 5.75. The zero-order valence-corrected chi connectivity index (χ0v) is 9.28. The molecule has 0 spiro atoms. The molecule has 1 aromatic heterocycles. The van der Waals surface area contributed by atoms with Crippen molar-refractivity contribution in [3.63, 3.8) is 0 Å². The number of aromatic nitrogens is 3. The van der Waals surface area contributed by atoms with Crippen LogP contribution in [0.3, 0.4) is 0 Å². The van der Waals surface area contributed by atoms with E-state index >= 15 is 0 Å². The lowest BCUT2D eigenvalue weighted by atomic mass is 10.2. The van der Waals surface area contributed by atoms with E-state index in [0.29, 0.717) is 10.6 Å². The summed E-state index contributed by atoms with van der Waals surface area (Å²) in [6, 6.07) is 4.21. The summed E-state index contributed by atoms with van der Waals surface area (Å²) in [7, 11) is 1.58. The van der Waals surface area contributed by atoms with Gasteiger partial charge >= 0.3 is 5.69 Å². The number of hydrogen-bond donors (Lipinski definition) is 0. The first-order valence-corrected chi connectivity index (χ1v) is 4.98. The van der Waals surface area contributed by atoms with Gasteiger partial charge in [0.2, 0.25) is 0 Å². The van der Waals surface area contributed by atoms with Gasteiger partial charge < -0.3 is 0 Å². The standard InChI is InChI=1S/C10H9ClFN3O/c1-14-6-13-15(10(14)16)5-7-4-8(11)2-3-9(7)12/h2-4,6H,5H2,1H3. The highest BCUT2D eigenvalue weighted by molar-refractivity contribution is 6.30. The molecule has 84 valence electrons. The van der Waals surface area contributed by atoms with Crippen LogP contribution in [0.1, 0.15) is 5.56 Å². The summed E-state index contributed by atoms with van der Waals surface area (Å²) in [6.45, 7) is 0.0755. The molecule has 0 fully saturated rings. The summed E-state index contributed by atoms with van der Waals surface area (Å²) < 4.78 is 15.9. The smallest absolute Gasteiger partial charge is 0.285 e. The third kappa shape index (κ3) is 1.99. The number of nitrogens with zero attached hydrogens (tertiary/aromatic N) is 3. The van der Waals surface area contributed by atoms with Crippen LogP contribution in [0.5, 0.6) is 0 Å². The number of rotatable bonds is 2. The fourth-order valence-electron chi connectivity index (χ4n) is 1.35. The van der Waals surface area contributed by atoms with Crippen LogP contribution in [0.25, 0.3) is 0 Å². The molecule has 0 radical (unpaired) electrons. The molecule has 0 amide bonds. The summed E-state index contributed by atoms with van der Waals surface area (Å²) in [5.41, 5.74) is 0.0488. The van der Waals surface area contributed by atoms with Crippen LogP contribution in [-0.4, -0.2) is 14.3 Å². The molecule has 0 aliphatic heterocycles. The van der Waals surface area contributed by atoms with Gasteiger partial charge in [-0.3, -0.25) is 4.57 Å². The molecule has 4 nitrogen and oxygen atoms in total. The van der Waals surface area contributed by atoms with Gasteiger partial charge in [0.15, 0.2) is 0 Å². The minimum absolute atomic E-state index is 0.0755. The van der Waals surface area contributed by atoms with Gasteiger partial charge in [0.05, 0.1) is 6.54 Å². The van der Waals surface area contributed by atoms with Gasteiger partial charge in [0.1, 0.15) is 12.1 Å². The van der Waals surface area contributed by atoms with Crippen LogP contribution in [-0.2, 0) is 13.6 Å². The van der Waals surface area contributed by atoms with Crippen molar-refractivity contribution >= 4 is 11.6 Å². The zero-order valence-electron chi connectivity index (χ0n) is 8.52. The number of hydrogen-bond acceptors (Lipinski definition) is 2. The summed E-state index contributed by atoms with van der Waals surface area (Å²) in [5, 5.41) is 4.27. The molecule has 0 unspecified atom stereocenters. The molecule has 1 aromatic carbocycles. The Morgan fingerprint density at radius 3 is 2.88 bits per heavy atom. The van der Waals surface area contributed by atoms with Crippen molar-refractivity contribution in [3.8, 4) is 0 Å². The van der Waals surface area contributed by atoms with Gasteiger partial charge in [0.25, 0.3) is 0 Å². The molecule has 2 rings (SSSR count). The first-order chi connectivity index (χ1) is 7.58. The Morgan fingerprint density at radius 1 is 1.50 bits per heavy atom. The molecule has 0 saturated heterocycles. The number of benzene rings is 1. The lowest BCUT2D eigenvalue weighted by Gasteiger charge is -2.02. The van der Waals surface area contributed by atoms with E-state index in [9.17, 15) is 9.18 Å². The first kappa shape index (κ1) is 10.9. The van der Waals surface area contributed by atoms with E-state index in [4.69, 9.17) is 11.6 Å². The van der Waals surface area contributed by atoms with Crippen LogP contribution in [0.2, 0.25) is 5.02 Å². The number of halogens is 2. The van der Waals surface area contributed by atoms with E-state index in [0.717, 1.165) is 0 Å². The highest BCUT2D eigenvalue weighted by Crippen LogP contribution is 2.15. The number of aryl methyl sites for hydroxylation is 1. The predicted octanol–water partition coefficient (Wildman–Crippen LogP) is 1.42. The molecule has 6 heteroatoms. The highest BCUT2D eigenvalue weighted by atomic mass is 35.5. The van der Waals surface area contributed by atoms with Gasteiger partial charge in [0, 0.05) is 17.6 Å². The molecule has 1 heterocycles. The van der Waals surface area contributed by atoms with Gasteiger partial charge in [-0.2, -0.15) is 5.10 Å². The molecule has 0 saturated carbocycles. The highest BCUT2D eigenvalue weighted by Gasteiger charge is 2.07. The first-order valence-electron chi connectivity index (χ1n) is 4.60. The van der Waals surface area contributed by atoms with Gasteiger partial charge in [-0.15, -0.1) is 0 Å². The van der Waals surface area contributed by atoms with Crippen molar-refractivity contribution in [3.05, 3.63) is 51.4 Å². The monoisotopic (exact) mass is 241 g/mol. The Morgan fingerprint density at radius 2 is 2.25 bits per heavy atom. The van der Waals surface area contributed by atoms with Gasteiger partial charge in [-0.1, -0.05) is 11.6 Å². The SMILES string of the molecule is Cn1cnn(Cc2cc(Cl)ccc2F)c1=O. The van der Waals surface area contributed by atoms with Crippen molar-refractivity contribution in [2.75, 3.05) is 0 Å². The van der Waals surface area contributed by atoms with E-state index < -0.39 is 5.82 Å². The second-order valence-electron chi connectivity index (χ2n) is 3.42. The maximum absolute atomic E-state index is 13.4. The maximum Gasteiger partial charge on any atom is 0.345 e. The summed E-state index contributed by atoms with van der Waals surface area (Å²) in [5.74, 6) is -0.401. The molecule has 16 heavy (non-hydrogen) atoms. The van der Waals surface area contributed by atoms with E-state index in [2.05, 4.69) is 5.10 Å². The molecular weight excluding hydrogens is 233 g/mol.